The van der Waals surface area contributed by atoms with Crippen LogP contribution < -0.4 is 24.4 Å². The molecule has 1 saturated heterocycles. The highest BCUT2D eigenvalue weighted by atomic mass is 35.5. The van der Waals surface area contributed by atoms with Gasteiger partial charge in [0.2, 0.25) is 0 Å². The first-order valence-corrected chi connectivity index (χ1v) is 11.4. The summed E-state index contributed by atoms with van der Waals surface area (Å²) in [6.07, 6.45) is 1.29. The summed E-state index contributed by atoms with van der Waals surface area (Å²) in [5.41, 5.74) is 0.343. The fourth-order valence-corrected chi connectivity index (χ4v) is 4.01. The van der Waals surface area contributed by atoms with E-state index < -0.39 is 23.8 Å². The van der Waals surface area contributed by atoms with Crippen LogP contribution in [0.3, 0.4) is 0 Å². The van der Waals surface area contributed by atoms with Gasteiger partial charge in [0.05, 0.1) is 30.5 Å². The Bertz CT molecular complexity index is 1470. The molecule has 4 rings (SSSR count). The lowest BCUT2D eigenvalue weighted by molar-refractivity contribution is -0.122. The predicted octanol–water partition coefficient (Wildman–Crippen LogP) is 4.90. The zero-order valence-electron chi connectivity index (χ0n) is 19.4. The minimum atomic E-state index is -0.905. The van der Waals surface area contributed by atoms with E-state index in [4.69, 9.17) is 37.4 Å². The first-order chi connectivity index (χ1) is 17.7. The highest BCUT2D eigenvalue weighted by Crippen LogP contribution is 2.33. The third kappa shape index (κ3) is 5.28. The molecule has 1 N–H and O–H groups in total. The van der Waals surface area contributed by atoms with Gasteiger partial charge in [-0.2, -0.15) is 0 Å². The Morgan fingerprint density at radius 1 is 0.892 bits per heavy atom. The SMILES string of the molecule is COc1cc(/C=C2\C(=O)NC(=O)N(c3ccccc3OC)C2=O)ccc1OC(=O)c1ccc(Cl)cc1Cl. The molecule has 1 heterocycles. The number of halogens is 2. The van der Waals surface area contributed by atoms with E-state index >= 15 is 0 Å². The van der Waals surface area contributed by atoms with E-state index in [1.54, 1.807) is 18.2 Å². The lowest BCUT2D eigenvalue weighted by atomic mass is 10.1. The number of imide groups is 2. The van der Waals surface area contributed by atoms with Gasteiger partial charge in [-0.05, 0) is 54.1 Å². The molecule has 4 amide bonds. The number of anilines is 1. The molecule has 3 aromatic rings. The molecule has 1 aliphatic heterocycles. The van der Waals surface area contributed by atoms with Crippen LogP contribution in [0.1, 0.15) is 15.9 Å². The van der Waals surface area contributed by atoms with E-state index in [9.17, 15) is 19.2 Å². The fraction of sp³-hybridized carbons (Fsp3) is 0.0769. The molecule has 1 fully saturated rings. The molecule has 0 saturated carbocycles. The third-order valence-electron chi connectivity index (χ3n) is 5.28. The Morgan fingerprint density at radius 3 is 2.32 bits per heavy atom. The van der Waals surface area contributed by atoms with Crippen LogP contribution in [0.5, 0.6) is 17.2 Å². The van der Waals surface area contributed by atoms with Crippen molar-refractivity contribution in [3.05, 3.63) is 87.4 Å². The van der Waals surface area contributed by atoms with E-state index in [1.165, 1.54) is 62.8 Å². The Morgan fingerprint density at radius 2 is 1.62 bits per heavy atom. The molecule has 1 aliphatic rings. The molecule has 0 atom stereocenters. The van der Waals surface area contributed by atoms with Gasteiger partial charge in [0.15, 0.2) is 11.5 Å². The number of barbiturate groups is 1. The first kappa shape index (κ1) is 25.7. The monoisotopic (exact) mass is 540 g/mol. The number of nitrogens with one attached hydrogen (secondary N) is 1. The maximum atomic E-state index is 13.2. The Labute approximate surface area is 221 Å². The first-order valence-electron chi connectivity index (χ1n) is 10.6. The number of benzene rings is 3. The molecular weight excluding hydrogens is 523 g/mol. The third-order valence-corrected chi connectivity index (χ3v) is 5.83. The second kappa shape index (κ2) is 10.7. The van der Waals surface area contributed by atoms with Gasteiger partial charge in [0, 0.05) is 5.02 Å². The number of ether oxygens (including phenoxy) is 3. The Kier molecular flexibility index (Phi) is 7.47. The number of esters is 1. The summed E-state index contributed by atoms with van der Waals surface area (Å²) in [5.74, 6) is -1.95. The number of hydrogen-bond donors (Lipinski definition) is 1. The maximum Gasteiger partial charge on any atom is 0.345 e. The second-order valence-electron chi connectivity index (χ2n) is 7.55. The lowest BCUT2D eigenvalue weighted by Gasteiger charge is -2.27. The van der Waals surface area contributed by atoms with Gasteiger partial charge in [0.25, 0.3) is 11.8 Å². The highest BCUT2D eigenvalue weighted by Gasteiger charge is 2.38. The van der Waals surface area contributed by atoms with Crippen LogP contribution in [0.4, 0.5) is 10.5 Å². The minimum Gasteiger partial charge on any atom is -0.495 e. The molecule has 0 aliphatic carbocycles. The summed E-state index contributed by atoms with van der Waals surface area (Å²) in [6, 6.07) is 14.2. The molecule has 0 bridgehead atoms. The zero-order chi connectivity index (χ0) is 26.7. The average Bonchev–Trinajstić information content (AvgIpc) is 2.87. The van der Waals surface area contributed by atoms with Gasteiger partial charge in [-0.15, -0.1) is 0 Å². The number of hydrogen-bond acceptors (Lipinski definition) is 7. The Hall–Kier alpha value is -4.34. The smallest absolute Gasteiger partial charge is 0.345 e. The number of urea groups is 1. The highest BCUT2D eigenvalue weighted by molar-refractivity contribution is 6.39. The van der Waals surface area contributed by atoms with E-state index in [0.29, 0.717) is 10.6 Å². The van der Waals surface area contributed by atoms with Crippen LogP contribution in [0.2, 0.25) is 10.0 Å². The molecule has 0 unspecified atom stereocenters. The number of methoxy groups -OCH3 is 2. The van der Waals surface area contributed by atoms with Crippen molar-refractivity contribution in [2.24, 2.45) is 0 Å². The molecule has 0 radical (unpaired) electrons. The summed E-state index contributed by atoms with van der Waals surface area (Å²) < 4.78 is 16.0. The van der Waals surface area contributed by atoms with Crippen LogP contribution in [0, 0.1) is 0 Å². The van der Waals surface area contributed by atoms with Crippen molar-refractivity contribution >= 4 is 58.8 Å². The van der Waals surface area contributed by atoms with Gasteiger partial charge in [-0.1, -0.05) is 41.4 Å². The summed E-state index contributed by atoms with van der Waals surface area (Å²) in [7, 11) is 2.76. The molecule has 9 nitrogen and oxygen atoms in total. The molecule has 37 heavy (non-hydrogen) atoms. The fourth-order valence-electron chi connectivity index (χ4n) is 3.53. The predicted molar refractivity (Wildman–Crippen MR) is 136 cm³/mol. The summed E-state index contributed by atoms with van der Waals surface area (Å²) in [6.45, 7) is 0. The Balaban J connectivity index is 1.64. The van der Waals surface area contributed by atoms with E-state index in [0.717, 1.165) is 4.90 Å². The number of carbonyl (C=O) groups excluding carboxylic acids is 4. The summed E-state index contributed by atoms with van der Waals surface area (Å²) in [4.78, 5) is 51.6. The average molecular weight is 541 g/mol. The number of rotatable bonds is 6. The molecule has 0 aromatic heterocycles. The van der Waals surface area contributed by atoms with Crippen LogP contribution in [-0.4, -0.2) is 38.0 Å². The van der Waals surface area contributed by atoms with Crippen LogP contribution >= 0.6 is 23.2 Å². The second-order valence-corrected chi connectivity index (χ2v) is 8.40. The standard InChI is InChI=1S/C26H18Cl2N2O7/c1-35-20-6-4-3-5-19(20)30-24(32)17(23(31)29-26(30)34)11-14-7-10-21(22(12-14)36-2)37-25(33)16-9-8-15(27)13-18(16)28/h3-13H,1-2H3,(H,29,31,34)/b17-11+. The molecule has 3 aromatic carbocycles. The number of amides is 4. The van der Waals surface area contributed by atoms with Crippen molar-refractivity contribution in [2.75, 3.05) is 19.1 Å². The van der Waals surface area contributed by atoms with Crippen molar-refractivity contribution in [1.82, 2.24) is 5.32 Å². The number of para-hydroxylation sites is 2. The summed E-state index contributed by atoms with van der Waals surface area (Å²) in [5, 5.41) is 2.64. The maximum absolute atomic E-state index is 13.2. The molecule has 188 valence electrons. The molecular formula is C26H18Cl2N2O7. The van der Waals surface area contributed by atoms with Crippen molar-refractivity contribution in [1.29, 1.82) is 0 Å². The number of nitrogens with zero attached hydrogens (tertiary/aromatic N) is 1. The van der Waals surface area contributed by atoms with Gasteiger partial charge in [0.1, 0.15) is 11.3 Å². The quantitative estimate of drug-likeness (QED) is 0.205. The van der Waals surface area contributed by atoms with Crippen molar-refractivity contribution in [2.45, 2.75) is 0 Å². The normalized spacial score (nSPS) is 14.4. The van der Waals surface area contributed by atoms with Gasteiger partial charge < -0.3 is 14.2 Å². The zero-order valence-corrected chi connectivity index (χ0v) is 20.9. The van der Waals surface area contributed by atoms with Gasteiger partial charge in [-0.3, -0.25) is 14.9 Å². The molecule has 11 heteroatoms. The molecule has 0 spiro atoms. The lowest BCUT2D eigenvalue weighted by Crippen LogP contribution is -2.54. The van der Waals surface area contributed by atoms with Crippen molar-refractivity contribution in [3.63, 3.8) is 0 Å². The van der Waals surface area contributed by atoms with Gasteiger partial charge >= 0.3 is 12.0 Å². The van der Waals surface area contributed by atoms with E-state index in [2.05, 4.69) is 5.32 Å². The topological polar surface area (TPSA) is 111 Å². The van der Waals surface area contributed by atoms with Crippen molar-refractivity contribution < 1.29 is 33.4 Å². The largest absolute Gasteiger partial charge is 0.495 e. The van der Waals surface area contributed by atoms with Crippen LogP contribution in [0.25, 0.3) is 6.08 Å². The minimum absolute atomic E-state index is 0.0749. The van der Waals surface area contributed by atoms with Crippen molar-refractivity contribution in [3.8, 4) is 17.2 Å². The van der Waals surface area contributed by atoms with E-state index in [-0.39, 0.29) is 39.1 Å². The van der Waals surface area contributed by atoms with Crippen LogP contribution in [0.15, 0.2) is 66.2 Å². The van der Waals surface area contributed by atoms with Crippen LogP contribution in [-0.2, 0) is 9.59 Å². The summed E-state index contributed by atoms with van der Waals surface area (Å²) >= 11 is 12.0. The number of carbonyl (C=O) groups is 4. The van der Waals surface area contributed by atoms with Gasteiger partial charge in [-0.25, -0.2) is 14.5 Å². The van der Waals surface area contributed by atoms with E-state index in [1.807, 2.05) is 0 Å².